The zero-order chi connectivity index (χ0) is 6.97. The van der Waals surface area contributed by atoms with E-state index in [0.29, 0.717) is 6.04 Å². The van der Waals surface area contributed by atoms with Crippen LogP contribution in [0.3, 0.4) is 0 Å². The first-order valence-electron chi connectivity index (χ1n) is 4.01. The molecule has 58 valence electrons. The fraction of sp³-hybridized carbons (Fsp3) is 1.00. The van der Waals surface area contributed by atoms with Gasteiger partial charge in [-0.1, -0.05) is 0 Å². The minimum Gasteiger partial charge on any atom is -0.390 e. The Morgan fingerprint density at radius 1 is 1.30 bits per heavy atom. The van der Waals surface area contributed by atoms with Gasteiger partial charge in [-0.15, -0.1) is 0 Å². The average molecular weight is 142 g/mol. The fourth-order valence-electron chi connectivity index (χ4n) is 1.70. The molecule has 3 heteroatoms. The number of hydrogen-bond donors (Lipinski definition) is 2. The van der Waals surface area contributed by atoms with Gasteiger partial charge < -0.3 is 10.4 Å². The molecule has 2 aliphatic heterocycles. The van der Waals surface area contributed by atoms with Crippen LogP contribution >= 0.6 is 0 Å². The van der Waals surface area contributed by atoms with E-state index in [4.69, 9.17) is 0 Å². The summed E-state index contributed by atoms with van der Waals surface area (Å²) in [5, 5.41) is 12.6. The van der Waals surface area contributed by atoms with Crippen molar-refractivity contribution in [2.45, 2.75) is 18.6 Å². The van der Waals surface area contributed by atoms with Crippen LogP contribution in [0.15, 0.2) is 0 Å². The molecule has 0 aromatic carbocycles. The van der Waals surface area contributed by atoms with Gasteiger partial charge in [0.1, 0.15) is 0 Å². The maximum atomic E-state index is 9.42. The van der Waals surface area contributed by atoms with Gasteiger partial charge in [0.25, 0.3) is 0 Å². The molecule has 2 aliphatic rings. The minimum atomic E-state index is -0.125. The minimum absolute atomic E-state index is 0.125. The maximum Gasteiger partial charge on any atom is 0.0831 e. The molecule has 2 rings (SSSR count). The first kappa shape index (κ1) is 6.58. The third kappa shape index (κ3) is 0.944. The highest BCUT2D eigenvalue weighted by Crippen LogP contribution is 2.15. The predicted octanol–water partition coefficient (Wildman–Crippen LogP) is -0.975. The highest BCUT2D eigenvalue weighted by atomic mass is 16.3. The van der Waals surface area contributed by atoms with E-state index in [1.807, 2.05) is 0 Å². The summed E-state index contributed by atoms with van der Waals surface area (Å²) in [6.07, 6.45) is 1.18. The van der Waals surface area contributed by atoms with E-state index in [2.05, 4.69) is 10.2 Å². The summed E-state index contributed by atoms with van der Waals surface area (Å²) in [5.41, 5.74) is 0. The van der Waals surface area contributed by atoms with E-state index in [1.54, 1.807) is 0 Å². The molecule has 0 aliphatic carbocycles. The largest absolute Gasteiger partial charge is 0.390 e. The SMILES string of the molecule is O[C@H]1CNC[C@@H]1N1CCC1. The van der Waals surface area contributed by atoms with Crippen molar-refractivity contribution >= 4 is 0 Å². The molecule has 0 bridgehead atoms. The number of hydrogen-bond acceptors (Lipinski definition) is 3. The van der Waals surface area contributed by atoms with Crippen molar-refractivity contribution in [3.8, 4) is 0 Å². The second kappa shape index (κ2) is 2.49. The molecule has 2 heterocycles. The molecular formula is C7H14N2O. The van der Waals surface area contributed by atoms with Crippen molar-refractivity contribution in [1.82, 2.24) is 10.2 Å². The standard InChI is InChI=1S/C7H14N2O/c10-7-5-8-4-6(7)9-2-1-3-9/h6-8,10H,1-5H2/t6-,7-/m0/s1. The third-order valence-corrected chi connectivity index (χ3v) is 2.51. The topological polar surface area (TPSA) is 35.5 Å². The summed E-state index contributed by atoms with van der Waals surface area (Å²) in [6, 6.07) is 0.411. The predicted molar refractivity (Wildman–Crippen MR) is 38.9 cm³/mol. The molecule has 0 aromatic heterocycles. The molecule has 0 unspecified atom stereocenters. The van der Waals surface area contributed by atoms with Gasteiger partial charge in [0.2, 0.25) is 0 Å². The number of aliphatic hydroxyl groups excluding tert-OH is 1. The molecule has 0 spiro atoms. The van der Waals surface area contributed by atoms with Gasteiger partial charge in [-0.2, -0.15) is 0 Å². The molecule has 2 saturated heterocycles. The molecule has 2 fully saturated rings. The number of rotatable bonds is 1. The Balaban J connectivity index is 1.90. The molecule has 0 amide bonds. The summed E-state index contributed by atoms with van der Waals surface area (Å²) in [6.45, 7) is 4.12. The van der Waals surface area contributed by atoms with Crippen LogP contribution in [-0.2, 0) is 0 Å². The number of aliphatic hydroxyl groups is 1. The van der Waals surface area contributed by atoms with E-state index in [-0.39, 0.29) is 6.10 Å². The zero-order valence-corrected chi connectivity index (χ0v) is 6.08. The van der Waals surface area contributed by atoms with Crippen molar-refractivity contribution in [3.63, 3.8) is 0 Å². The quantitative estimate of drug-likeness (QED) is 0.494. The van der Waals surface area contributed by atoms with Crippen molar-refractivity contribution in [2.24, 2.45) is 0 Å². The normalized spacial score (nSPS) is 41.7. The van der Waals surface area contributed by atoms with Crippen molar-refractivity contribution < 1.29 is 5.11 Å². The van der Waals surface area contributed by atoms with Crippen molar-refractivity contribution in [2.75, 3.05) is 26.2 Å². The van der Waals surface area contributed by atoms with Crippen LogP contribution in [0.4, 0.5) is 0 Å². The summed E-state index contributed by atoms with van der Waals surface area (Å²) < 4.78 is 0. The van der Waals surface area contributed by atoms with Crippen LogP contribution in [0, 0.1) is 0 Å². The number of nitrogens with zero attached hydrogens (tertiary/aromatic N) is 1. The van der Waals surface area contributed by atoms with Crippen molar-refractivity contribution in [1.29, 1.82) is 0 Å². The highest BCUT2D eigenvalue weighted by molar-refractivity contribution is 4.91. The van der Waals surface area contributed by atoms with Gasteiger partial charge in [-0.25, -0.2) is 0 Å². The number of nitrogens with one attached hydrogen (secondary N) is 1. The van der Waals surface area contributed by atoms with Gasteiger partial charge in [-0.05, 0) is 19.5 Å². The lowest BCUT2D eigenvalue weighted by atomic mass is 10.1. The Bertz CT molecular complexity index is 125. The molecule has 2 atom stereocenters. The summed E-state index contributed by atoms with van der Waals surface area (Å²) >= 11 is 0. The first-order valence-corrected chi connectivity index (χ1v) is 4.01. The Hall–Kier alpha value is -0.120. The highest BCUT2D eigenvalue weighted by Gasteiger charge is 2.32. The molecule has 0 radical (unpaired) electrons. The molecular weight excluding hydrogens is 128 g/mol. The summed E-state index contributed by atoms with van der Waals surface area (Å²) in [5.74, 6) is 0. The van der Waals surface area contributed by atoms with Gasteiger partial charge in [0.05, 0.1) is 6.10 Å². The zero-order valence-electron chi connectivity index (χ0n) is 6.08. The Labute approximate surface area is 61.0 Å². The van der Waals surface area contributed by atoms with Crippen LogP contribution in [0.5, 0.6) is 0 Å². The van der Waals surface area contributed by atoms with Gasteiger partial charge >= 0.3 is 0 Å². The van der Waals surface area contributed by atoms with Crippen LogP contribution in [-0.4, -0.2) is 48.3 Å². The lowest BCUT2D eigenvalue weighted by molar-refractivity contribution is 0.0452. The van der Waals surface area contributed by atoms with Gasteiger partial charge in [0.15, 0.2) is 0 Å². The Kier molecular flexibility index (Phi) is 1.64. The lowest BCUT2D eigenvalue weighted by Gasteiger charge is -2.37. The van der Waals surface area contributed by atoms with Crippen molar-refractivity contribution in [3.05, 3.63) is 0 Å². The van der Waals surface area contributed by atoms with Crippen LogP contribution < -0.4 is 5.32 Å². The lowest BCUT2D eigenvalue weighted by Crippen LogP contribution is -2.50. The fourth-order valence-corrected chi connectivity index (χ4v) is 1.70. The summed E-state index contributed by atoms with van der Waals surface area (Å²) in [4.78, 5) is 2.35. The van der Waals surface area contributed by atoms with Crippen LogP contribution in [0.25, 0.3) is 0 Å². The van der Waals surface area contributed by atoms with Gasteiger partial charge in [0, 0.05) is 19.1 Å². The van der Waals surface area contributed by atoms with Gasteiger partial charge in [-0.3, -0.25) is 4.90 Å². The van der Waals surface area contributed by atoms with E-state index < -0.39 is 0 Å². The van der Waals surface area contributed by atoms with E-state index >= 15 is 0 Å². The smallest absolute Gasteiger partial charge is 0.0831 e. The Morgan fingerprint density at radius 2 is 2.10 bits per heavy atom. The first-order chi connectivity index (χ1) is 4.88. The van der Waals surface area contributed by atoms with E-state index in [1.165, 1.54) is 19.5 Å². The molecule has 3 nitrogen and oxygen atoms in total. The van der Waals surface area contributed by atoms with E-state index in [0.717, 1.165) is 13.1 Å². The number of β-amino-alcohol motifs (C(OH)–C–C–N with tert-alkyl or cyclic N) is 1. The second-order valence-electron chi connectivity index (χ2n) is 3.18. The average Bonchev–Trinajstić information content (AvgIpc) is 2.12. The van der Waals surface area contributed by atoms with Crippen LogP contribution in [0.2, 0.25) is 0 Å². The van der Waals surface area contributed by atoms with Crippen LogP contribution in [0.1, 0.15) is 6.42 Å². The monoisotopic (exact) mass is 142 g/mol. The maximum absolute atomic E-state index is 9.42. The second-order valence-corrected chi connectivity index (χ2v) is 3.18. The third-order valence-electron chi connectivity index (χ3n) is 2.51. The molecule has 2 N–H and O–H groups in total. The molecule has 10 heavy (non-hydrogen) atoms. The Morgan fingerprint density at radius 3 is 2.50 bits per heavy atom. The molecule has 0 aromatic rings. The van der Waals surface area contributed by atoms with E-state index in [9.17, 15) is 5.11 Å². The molecule has 0 saturated carbocycles. The number of likely N-dealkylation sites (tertiary alicyclic amines) is 1. The summed E-state index contributed by atoms with van der Waals surface area (Å²) in [7, 11) is 0.